The normalized spacial score (nSPS) is 10.3. The molecule has 0 spiro atoms. The molecule has 112 valence electrons. The summed E-state index contributed by atoms with van der Waals surface area (Å²) in [6.45, 7) is 2.04. The second-order valence-corrected chi connectivity index (χ2v) is 4.13. The van der Waals surface area contributed by atoms with E-state index in [0.717, 1.165) is 0 Å². The summed E-state index contributed by atoms with van der Waals surface area (Å²) in [5.41, 5.74) is 0.732. The summed E-state index contributed by atoms with van der Waals surface area (Å²) in [5, 5.41) is 0.696. The lowest BCUT2D eigenvalue weighted by Gasteiger charge is -2.14. The average Bonchev–Trinajstić information content (AvgIpc) is 2.52. The predicted octanol–water partition coefficient (Wildman–Crippen LogP) is 2.44. The zero-order valence-corrected chi connectivity index (χ0v) is 12.4. The lowest BCUT2D eigenvalue weighted by Crippen LogP contribution is -2.07. The molecule has 0 bridgehead atoms. The number of methoxy groups -OCH3 is 3. The van der Waals surface area contributed by atoms with E-state index in [1.807, 2.05) is 0 Å². The van der Waals surface area contributed by atoms with Gasteiger partial charge in [0.25, 0.3) is 0 Å². The minimum Gasteiger partial charge on any atom is -0.494 e. The van der Waals surface area contributed by atoms with E-state index in [1.54, 1.807) is 39.3 Å². The molecule has 2 rings (SSSR count). The Balaban J connectivity index is 2.68. The highest BCUT2D eigenvalue weighted by atomic mass is 16.5. The molecular weight excluding hydrogens is 274 g/mol. The quantitative estimate of drug-likeness (QED) is 0.788. The molecule has 0 atom stereocenters. The number of ether oxygens (including phenoxy) is 4. The number of aromatic nitrogens is 1. The zero-order chi connectivity index (χ0) is 15.4. The molecule has 2 aromatic rings. The van der Waals surface area contributed by atoms with Gasteiger partial charge in [0.2, 0.25) is 0 Å². The van der Waals surface area contributed by atoms with Gasteiger partial charge in [-0.15, -0.1) is 0 Å². The molecule has 0 saturated carbocycles. The van der Waals surface area contributed by atoms with Crippen molar-refractivity contribution >= 4 is 16.9 Å². The van der Waals surface area contributed by atoms with Gasteiger partial charge in [-0.05, 0) is 19.1 Å². The van der Waals surface area contributed by atoms with Gasteiger partial charge in [0.05, 0.1) is 33.3 Å². The fourth-order valence-corrected chi connectivity index (χ4v) is 2.05. The van der Waals surface area contributed by atoms with E-state index in [0.29, 0.717) is 34.8 Å². The Morgan fingerprint density at radius 3 is 2.38 bits per heavy atom. The third-order valence-corrected chi connectivity index (χ3v) is 2.99. The maximum absolute atomic E-state index is 11.8. The maximum atomic E-state index is 11.8. The second kappa shape index (κ2) is 6.30. The van der Waals surface area contributed by atoms with Crippen molar-refractivity contribution in [3.63, 3.8) is 0 Å². The molecule has 0 N–H and O–H groups in total. The summed E-state index contributed by atoms with van der Waals surface area (Å²) in [4.78, 5) is 16.1. The van der Waals surface area contributed by atoms with Gasteiger partial charge in [0.1, 0.15) is 17.0 Å². The maximum Gasteiger partial charge on any atom is 0.356 e. The van der Waals surface area contributed by atoms with E-state index in [9.17, 15) is 4.79 Å². The first-order valence-corrected chi connectivity index (χ1v) is 6.43. The number of rotatable bonds is 5. The Kier molecular flexibility index (Phi) is 4.47. The van der Waals surface area contributed by atoms with Gasteiger partial charge >= 0.3 is 5.97 Å². The molecule has 0 saturated heterocycles. The third-order valence-electron chi connectivity index (χ3n) is 2.99. The van der Waals surface area contributed by atoms with E-state index >= 15 is 0 Å². The Morgan fingerprint density at radius 1 is 1.10 bits per heavy atom. The molecule has 0 aliphatic carbocycles. The van der Waals surface area contributed by atoms with Gasteiger partial charge < -0.3 is 18.9 Å². The molecule has 0 aliphatic heterocycles. The molecular formula is C15H17NO5. The topological polar surface area (TPSA) is 66.9 Å². The average molecular weight is 291 g/mol. The number of carbonyl (C=O) groups excluding carboxylic acids is 1. The Bertz CT molecular complexity index is 669. The molecule has 1 aromatic heterocycles. The van der Waals surface area contributed by atoms with E-state index in [1.165, 1.54) is 7.11 Å². The molecule has 0 fully saturated rings. The summed E-state index contributed by atoms with van der Waals surface area (Å²) in [6.07, 6.45) is 0. The van der Waals surface area contributed by atoms with Crippen molar-refractivity contribution in [1.29, 1.82) is 0 Å². The van der Waals surface area contributed by atoms with Gasteiger partial charge in [-0.3, -0.25) is 0 Å². The predicted molar refractivity (Wildman–Crippen MR) is 77.4 cm³/mol. The molecule has 6 heteroatoms. The molecule has 0 aliphatic rings. The fraction of sp³-hybridized carbons (Fsp3) is 0.333. The Morgan fingerprint density at radius 2 is 1.81 bits per heavy atom. The van der Waals surface area contributed by atoms with Crippen LogP contribution in [-0.4, -0.2) is 38.9 Å². The number of hydrogen-bond acceptors (Lipinski definition) is 6. The number of carbonyl (C=O) groups is 1. The fourth-order valence-electron chi connectivity index (χ4n) is 2.05. The van der Waals surface area contributed by atoms with Gasteiger partial charge in [-0.2, -0.15) is 0 Å². The summed E-state index contributed by atoms with van der Waals surface area (Å²) in [5.74, 6) is 1.09. The lowest BCUT2D eigenvalue weighted by atomic mass is 10.1. The van der Waals surface area contributed by atoms with Crippen molar-refractivity contribution in [1.82, 2.24) is 4.98 Å². The van der Waals surface area contributed by atoms with Crippen molar-refractivity contribution in [3.8, 4) is 17.2 Å². The van der Waals surface area contributed by atoms with Crippen LogP contribution in [0.1, 0.15) is 17.4 Å². The molecule has 21 heavy (non-hydrogen) atoms. The first-order chi connectivity index (χ1) is 10.2. The van der Waals surface area contributed by atoms with Crippen LogP contribution < -0.4 is 14.2 Å². The van der Waals surface area contributed by atoms with E-state index in [4.69, 9.17) is 18.9 Å². The van der Waals surface area contributed by atoms with Crippen molar-refractivity contribution in [2.45, 2.75) is 6.92 Å². The molecule has 1 aromatic carbocycles. The summed E-state index contributed by atoms with van der Waals surface area (Å²) in [7, 11) is 4.62. The smallest absolute Gasteiger partial charge is 0.356 e. The number of nitrogens with zero attached hydrogens (tertiary/aromatic N) is 1. The van der Waals surface area contributed by atoms with Crippen LogP contribution in [0.4, 0.5) is 0 Å². The van der Waals surface area contributed by atoms with Crippen LogP contribution in [-0.2, 0) is 4.74 Å². The van der Waals surface area contributed by atoms with Crippen LogP contribution in [0.25, 0.3) is 10.9 Å². The monoisotopic (exact) mass is 291 g/mol. The van der Waals surface area contributed by atoms with Crippen LogP contribution in [0, 0.1) is 0 Å². The summed E-state index contributed by atoms with van der Waals surface area (Å²) < 4.78 is 20.9. The highest BCUT2D eigenvalue weighted by Gasteiger charge is 2.18. The van der Waals surface area contributed by atoms with E-state index < -0.39 is 5.97 Å². The highest BCUT2D eigenvalue weighted by molar-refractivity contribution is 5.96. The van der Waals surface area contributed by atoms with Crippen molar-refractivity contribution in [2.24, 2.45) is 0 Å². The standard InChI is InChI=1S/C15H17NO5/c1-5-21-15(17)10-7-6-9-13(16-10)11(18-2)8-12(19-3)14(9)20-4/h6-8H,5H2,1-4H3. The third kappa shape index (κ3) is 2.69. The molecule has 1 heterocycles. The summed E-state index contributed by atoms with van der Waals surface area (Å²) in [6, 6.07) is 4.99. The Hall–Kier alpha value is -2.50. The minimum absolute atomic E-state index is 0.217. The van der Waals surface area contributed by atoms with Gasteiger partial charge in [-0.25, -0.2) is 9.78 Å². The van der Waals surface area contributed by atoms with Gasteiger partial charge in [0, 0.05) is 6.07 Å². The molecule has 0 radical (unpaired) electrons. The van der Waals surface area contributed by atoms with Gasteiger partial charge in [0.15, 0.2) is 11.5 Å². The van der Waals surface area contributed by atoms with Crippen LogP contribution in [0.5, 0.6) is 17.2 Å². The second-order valence-electron chi connectivity index (χ2n) is 4.13. The van der Waals surface area contributed by atoms with Crippen LogP contribution in [0.3, 0.4) is 0 Å². The molecule has 6 nitrogen and oxygen atoms in total. The largest absolute Gasteiger partial charge is 0.494 e. The number of esters is 1. The SMILES string of the molecule is CCOC(=O)c1ccc2c(OC)c(OC)cc(OC)c2n1. The molecule has 0 unspecified atom stereocenters. The van der Waals surface area contributed by atoms with E-state index in [-0.39, 0.29) is 5.69 Å². The van der Waals surface area contributed by atoms with Crippen LogP contribution in [0.15, 0.2) is 18.2 Å². The van der Waals surface area contributed by atoms with Crippen LogP contribution >= 0.6 is 0 Å². The minimum atomic E-state index is -0.476. The number of fused-ring (bicyclic) bond motifs is 1. The zero-order valence-electron chi connectivity index (χ0n) is 12.4. The highest BCUT2D eigenvalue weighted by Crippen LogP contribution is 2.40. The number of hydrogen-bond donors (Lipinski definition) is 0. The first-order valence-electron chi connectivity index (χ1n) is 6.43. The van der Waals surface area contributed by atoms with Crippen LogP contribution in [0.2, 0.25) is 0 Å². The number of pyridine rings is 1. The van der Waals surface area contributed by atoms with Crippen molar-refractivity contribution < 1.29 is 23.7 Å². The first kappa shape index (κ1) is 14.9. The summed E-state index contributed by atoms with van der Waals surface area (Å²) >= 11 is 0. The number of benzene rings is 1. The van der Waals surface area contributed by atoms with Crippen molar-refractivity contribution in [2.75, 3.05) is 27.9 Å². The van der Waals surface area contributed by atoms with Crippen molar-refractivity contribution in [3.05, 3.63) is 23.9 Å². The van der Waals surface area contributed by atoms with Gasteiger partial charge in [-0.1, -0.05) is 0 Å². The van der Waals surface area contributed by atoms with E-state index in [2.05, 4.69) is 4.98 Å². The Labute approximate surface area is 122 Å². The molecule has 0 amide bonds. The lowest BCUT2D eigenvalue weighted by molar-refractivity contribution is 0.0520.